The zero-order valence-corrected chi connectivity index (χ0v) is 20.4. The summed E-state index contributed by atoms with van der Waals surface area (Å²) in [6.07, 6.45) is 0. The molecule has 1 fully saturated rings. The van der Waals surface area contributed by atoms with E-state index in [1.54, 1.807) is 12.1 Å². The van der Waals surface area contributed by atoms with Crippen molar-refractivity contribution in [3.63, 3.8) is 0 Å². The van der Waals surface area contributed by atoms with Gasteiger partial charge in [-0.2, -0.15) is 0 Å². The van der Waals surface area contributed by atoms with Gasteiger partial charge in [0.2, 0.25) is 5.95 Å². The molecule has 1 aliphatic heterocycles. The number of anilines is 1. The largest absolute Gasteiger partial charge is 0.486 e. The summed E-state index contributed by atoms with van der Waals surface area (Å²) in [5.41, 5.74) is 3.10. The van der Waals surface area contributed by atoms with Crippen molar-refractivity contribution in [2.75, 3.05) is 31.1 Å². The lowest BCUT2D eigenvalue weighted by Gasteiger charge is -2.37. The van der Waals surface area contributed by atoms with Gasteiger partial charge in [-0.1, -0.05) is 48.0 Å². The van der Waals surface area contributed by atoms with Gasteiger partial charge in [0.1, 0.15) is 17.5 Å². The monoisotopic (exact) mass is 507 g/mol. The van der Waals surface area contributed by atoms with E-state index in [-0.39, 0.29) is 12.2 Å². The molecule has 0 unspecified atom stereocenters. The number of hydrogen-bond acceptors (Lipinski definition) is 6. The Labute approximate surface area is 212 Å². The SMILES string of the molecule is C=C(c1ccc(OCc2cccc(Cl)n2)c(Cl)c1)N1CCN(c2nc3ccccc3c(=O)[nH]2)CC1. The Hall–Kier alpha value is -3.55. The van der Waals surface area contributed by atoms with Gasteiger partial charge in [-0.05, 0) is 48.0 Å². The molecule has 35 heavy (non-hydrogen) atoms. The summed E-state index contributed by atoms with van der Waals surface area (Å²) in [5.74, 6) is 1.17. The fourth-order valence-electron chi connectivity index (χ4n) is 4.07. The molecule has 1 aliphatic rings. The number of pyridine rings is 1. The van der Waals surface area contributed by atoms with Crippen molar-refractivity contribution in [3.05, 3.63) is 99.0 Å². The van der Waals surface area contributed by atoms with E-state index in [1.165, 1.54) is 0 Å². The van der Waals surface area contributed by atoms with Crippen LogP contribution in [0.4, 0.5) is 5.95 Å². The Morgan fingerprint density at radius 2 is 1.80 bits per heavy atom. The summed E-state index contributed by atoms with van der Waals surface area (Å²) in [5, 5.41) is 1.52. The Balaban J connectivity index is 1.22. The minimum Gasteiger partial charge on any atom is -0.486 e. The number of rotatable bonds is 6. The number of piperazine rings is 1. The van der Waals surface area contributed by atoms with Crippen molar-refractivity contribution in [2.24, 2.45) is 0 Å². The summed E-state index contributed by atoms with van der Waals surface area (Å²) in [6.45, 7) is 7.46. The molecule has 1 saturated heterocycles. The number of halogens is 2. The molecule has 2 aromatic carbocycles. The molecule has 0 spiro atoms. The first kappa shape index (κ1) is 23.2. The van der Waals surface area contributed by atoms with Crippen LogP contribution >= 0.6 is 23.2 Å². The predicted octanol–water partition coefficient (Wildman–Crippen LogP) is 5.00. The van der Waals surface area contributed by atoms with Gasteiger partial charge >= 0.3 is 0 Å². The van der Waals surface area contributed by atoms with Crippen LogP contribution in [0.25, 0.3) is 16.6 Å². The maximum Gasteiger partial charge on any atom is 0.260 e. The Morgan fingerprint density at radius 1 is 1.00 bits per heavy atom. The molecule has 5 rings (SSSR count). The summed E-state index contributed by atoms with van der Waals surface area (Å²) in [7, 11) is 0. The first-order chi connectivity index (χ1) is 17.0. The highest BCUT2D eigenvalue weighted by molar-refractivity contribution is 6.32. The topological polar surface area (TPSA) is 74.3 Å². The highest BCUT2D eigenvalue weighted by atomic mass is 35.5. The maximum absolute atomic E-state index is 12.4. The summed E-state index contributed by atoms with van der Waals surface area (Å²) >= 11 is 12.4. The minimum absolute atomic E-state index is 0.125. The van der Waals surface area contributed by atoms with Crippen LogP contribution in [0.1, 0.15) is 11.3 Å². The van der Waals surface area contributed by atoms with Gasteiger partial charge in [0, 0.05) is 31.9 Å². The van der Waals surface area contributed by atoms with Gasteiger partial charge in [-0.3, -0.25) is 9.78 Å². The lowest BCUT2D eigenvalue weighted by molar-refractivity contribution is 0.301. The average molecular weight is 508 g/mol. The van der Waals surface area contributed by atoms with Gasteiger partial charge in [0.25, 0.3) is 5.56 Å². The van der Waals surface area contributed by atoms with E-state index in [9.17, 15) is 4.79 Å². The number of benzene rings is 2. The number of nitrogens with one attached hydrogen (secondary N) is 1. The van der Waals surface area contributed by atoms with Crippen molar-refractivity contribution >= 4 is 45.8 Å². The van der Waals surface area contributed by atoms with Crippen LogP contribution < -0.4 is 15.2 Å². The first-order valence-electron chi connectivity index (χ1n) is 11.2. The zero-order valence-electron chi connectivity index (χ0n) is 18.9. The second kappa shape index (κ2) is 9.98. The van der Waals surface area contributed by atoms with E-state index < -0.39 is 0 Å². The molecule has 0 radical (unpaired) electrons. The van der Waals surface area contributed by atoms with Crippen molar-refractivity contribution in [2.45, 2.75) is 6.61 Å². The normalized spacial score (nSPS) is 13.8. The van der Waals surface area contributed by atoms with E-state index in [0.29, 0.717) is 45.9 Å². The van der Waals surface area contributed by atoms with Crippen LogP contribution in [0.5, 0.6) is 5.75 Å². The zero-order chi connectivity index (χ0) is 24.4. The Bertz CT molecular complexity index is 1450. The Morgan fingerprint density at radius 3 is 2.57 bits per heavy atom. The maximum atomic E-state index is 12.4. The lowest BCUT2D eigenvalue weighted by Crippen LogP contribution is -2.46. The number of aromatic amines is 1. The molecule has 4 aromatic rings. The quantitative estimate of drug-likeness (QED) is 0.370. The number of H-pyrrole nitrogens is 1. The Kier molecular flexibility index (Phi) is 6.61. The molecule has 9 heteroatoms. The number of aromatic nitrogens is 3. The molecular weight excluding hydrogens is 485 g/mol. The predicted molar refractivity (Wildman–Crippen MR) is 140 cm³/mol. The smallest absolute Gasteiger partial charge is 0.260 e. The molecule has 2 aromatic heterocycles. The molecule has 0 amide bonds. The van der Waals surface area contributed by atoms with Gasteiger partial charge in [0.15, 0.2) is 0 Å². The van der Waals surface area contributed by atoms with Crippen LogP contribution in [0.15, 0.2) is 72.0 Å². The van der Waals surface area contributed by atoms with E-state index >= 15 is 0 Å². The molecule has 0 aliphatic carbocycles. The van der Waals surface area contributed by atoms with Crippen LogP contribution in [-0.4, -0.2) is 46.0 Å². The van der Waals surface area contributed by atoms with Crippen molar-refractivity contribution in [3.8, 4) is 5.75 Å². The first-order valence-corrected chi connectivity index (χ1v) is 12.0. The van der Waals surface area contributed by atoms with Crippen LogP contribution in [0.2, 0.25) is 10.2 Å². The third kappa shape index (κ3) is 5.11. The third-order valence-electron chi connectivity index (χ3n) is 5.97. The number of fused-ring (bicyclic) bond motifs is 1. The summed E-state index contributed by atoms with van der Waals surface area (Å²) in [6, 6.07) is 18.4. The van der Waals surface area contributed by atoms with E-state index in [0.717, 1.165) is 30.0 Å². The molecular formula is C26H23Cl2N5O2. The van der Waals surface area contributed by atoms with Crippen LogP contribution in [-0.2, 0) is 6.61 Å². The lowest BCUT2D eigenvalue weighted by atomic mass is 10.1. The standard InChI is InChI=1S/C26H23Cl2N5O2/c1-17(18-9-10-23(21(27)15-18)35-16-19-5-4-8-24(28)29-19)32-11-13-33(14-12-32)26-30-22-7-3-2-6-20(22)25(34)31-26/h2-10,15H,1,11-14,16H2,(H,30,31,34). The van der Waals surface area contributed by atoms with Crippen LogP contribution in [0, 0.1) is 0 Å². The highest BCUT2D eigenvalue weighted by Crippen LogP contribution is 2.30. The fourth-order valence-corrected chi connectivity index (χ4v) is 4.49. The second-order valence-electron chi connectivity index (χ2n) is 8.21. The molecule has 0 saturated carbocycles. The number of hydrogen-bond donors (Lipinski definition) is 1. The van der Waals surface area contributed by atoms with Gasteiger partial charge in [0.05, 0.1) is 21.6 Å². The molecule has 3 heterocycles. The summed E-state index contributed by atoms with van der Waals surface area (Å²) < 4.78 is 5.82. The number of nitrogens with zero attached hydrogens (tertiary/aromatic N) is 4. The van der Waals surface area contributed by atoms with Crippen molar-refractivity contribution in [1.82, 2.24) is 19.9 Å². The van der Waals surface area contributed by atoms with Gasteiger partial charge in [-0.15, -0.1) is 0 Å². The third-order valence-corrected chi connectivity index (χ3v) is 6.48. The van der Waals surface area contributed by atoms with Gasteiger partial charge < -0.3 is 14.5 Å². The fraction of sp³-hybridized carbons (Fsp3) is 0.192. The second-order valence-corrected chi connectivity index (χ2v) is 9.01. The van der Waals surface area contributed by atoms with E-state index in [1.807, 2.05) is 48.5 Å². The minimum atomic E-state index is -0.125. The average Bonchev–Trinajstić information content (AvgIpc) is 2.87. The molecule has 0 bridgehead atoms. The molecule has 1 N–H and O–H groups in total. The molecule has 178 valence electrons. The molecule has 7 nitrogen and oxygen atoms in total. The summed E-state index contributed by atoms with van der Waals surface area (Å²) in [4.78, 5) is 28.5. The van der Waals surface area contributed by atoms with E-state index in [2.05, 4.69) is 31.3 Å². The van der Waals surface area contributed by atoms with Crippen molar-refractivity contribution < 1.29 is 4.74 Å². The highest BCUT2D eigenvalue weighted by Gasteiger charge is 2.21. The number of ether oxygens (including phenoxy) is 1. The number of para-hydroxylation sites is 1. The van der Waals surface area contributed by atoms with Crippen molar-refractivity contribution in [1.29, 1.82) is 0 Å². The van der Waals surface area contributed by atoms with Gasteiger partial charge in [-0.25, -0.2) is 9.97 Å². The van der Waals surface area contributed by atoms with Crippen LogP contribution in [0.3, 0.4) is 0 Å². The molecule has 0 atom stereocenters. The van der Waals surface area contributed by atoms with E-state index in [4.69, 9.17) is 27.9 Å².